The van der Waals surface area contributed by atoms with Crippen molar-refractivity contribution in [3.63, 3.8) is 0 Å². The van der Waals surface area contributed by atoms with Crippen molar-refractivity contribution in [2.75, 3.05) is 29.0 Å². The standard InChI is InChI=1S/C16H24N6O2/c17-15-20-13(19-12-6-9-1-2-10(12)5-9)7-14(21-15)22-4-3-11(8-22)18-16(23)24/h7,9-12,18H,1-6,8H2,(H,23,24)(H3,17,19,20,21)/t9-,10+,11?,12-/m0/s1. The molecule has 4 rings (SSSR count). The van der Waals surface area contributed by atoms with Crippen LogP contribution in [0.4, 0.5) is 22.4 Å². The fourth-order valence-electron chi connectivity index (χ4n) is 4.56. The number of carboxylic acid groups (broad SMARTS) is 1. The summed E-state index contributed by atoms with van der Waals surface area (Å²) in [5.74, 6) is 3.43. The van der Waals surface area contributed by atoms with Crippen molar-refractivity contribution in [3.8, 4) is 0 Å². The second-order valence-corrected chi connectivity index (χ2v) is 7.28. The van der Waals surface area contributed by atoms with E-state index in [4.69, 9.17) is 10.8 Å². The fraction of sp³-hybridized carbons (Fsp3) is 0.688. The van der Waals surface area contributed by atoms with Crippen LogP contribution in [0.1, 0.15) is 32.1 Å². The maximum atomic E-state index is 10.8. The van der Waals surface area contributed by atoms with Crippen LogP contribution in [0.2, 0.25) is 0 Å². The summed E-state index contributed by atoms with van der Waals surface area (Å²) in [5.41, 5.74) is 5.89. The maximum absolute atomic E-state index is 10.8. The summed E-state index contributed by atoms with van der Waals surface area (Å²) in [5, 5.41) is 14.9. The van der Waals surface area contributed by atoms with Gasteiger partial charge in [-0.15, -0.1) is 0 Å². The summed E-state index contributed by atoms with van der Waals surface area (Å²) in [7, 11) is 0. The average Bonchev–Trinajstić information content (AvgIpc) is 3.22. The minimum absolute atomic E-state index is 0.0688. The Labute approximate surface area is 140 Å². The van der Waals surface area contributed by atoms with Crippen molar-refractivity contribution < 1.29 is 9.90 Å². The zero-order chi connectivity index (χ0) is 16.7. The lowest BCUT2D eigenvalue weighted by Gasteiger charge is -2.24. The number of aromatic nitrogens is 2. The van der Waals surface area contributed by atoms with Gasteiger partial charge in [-0.2, -0.15) is 9.97 Å². The maximum Gasteiger partial charge on any atom is 0.404 e. The number of carbonyl (C=O) groups is 1. The number of fused-ring (bicyclic) bond motifs is 2. The summed E-state index contributed by atoms with van der Waals surface area (Å²) in [6.07, 6.45) is 5.02. The minimum Gasteiger partial charge on any atom is -0.465 e. The molecule has 1 aromatic rings. The summed E-state index contributed by atoms with van der Waals surface area (Å²) < 4.78 is 0. The zero-order valence-electron chi connectivity index (χ0n) is 13.6. The molecule has 0 aromatic carbocycles. The van der Waals surface area contributed by atoms with E-state index in [2.05, 4.69) is 25.5 Å². The third kappa shape index (κ3) is 3.05. The predicted molar refractivity (Wildman–Crippen MR) is 91.1 cm³/mol. The van der Waals surface area contributed by atoms with E-state index in [1.54, 1.807) is 0 Å². The lowest BCUT2D eigenvalue weighted by molar-refractivity contribution is 0.191. The fourth-order valence-corrected chi connectivity index (χ4v) is 4.56. The van der Waals surface area contributed by atoms with Gasteiger partial charge in [0.1, 0.15) is 11.6 Å². The molecular weight excluding hydrogens is 308 g/mol. The number of hydrogen-bond acceptors (Lipinski definition) is 6. The molecule has 0 radical (unpaired) electrons. The molecular formula is C16H24N6O2. The van der Waals surface area contributed by atoms with Crippen molar-refractivity contribution in [3.05, 3.63) is 6.07 Å². The Morgan fingerprint density at radius 2 is 2.17 bits per heavy atom. The second-order valence-electron chi connectivity index (χ2n) is 7.28. The lowest BCUT2D eigenvalue weighted by Crippen LogP contribution is -2.36. The van der Waals surface area contributed by atoms with Crippen LogP contribution in [0.5, 0.6) is 0 Å². The summed E-state index contributed by atoms with van der Waals surface area (Å²) in [6.45, 7) is 1.37. The average molecular weight is 332 g/mol. The highest BCUT2D eigenvalue weighted by Gasteiger charge is 2.39. The van der Waals surface area contributed by atoms with Gasteiger partial charge in [0, 0.05) is 25.2 Å². The number of amides is 1. The Bertz CT molecular complexity index is 639. The predicted octanol–water partition coefficient (Wildman–Crippen LogP) is 1.51. The third-order valence-electron chi connectivity index (χ3n) is 5.64. The van der Waals surface area contributed by atoms with Crippen LogP contribution in [-0.2, 0) is 0 Å². The third-order valence-corrected chi connectivity index (χ3v) is 5.64. The Kier molecular flexibility index (Phi) is 3.82. The van der Waals surface area contributed by atoms with E-state index < -0.39 is 6.09 Å². The number of nitrogens with zero attached hydrogens (tertiary/aromatic N) is 3. The molecule has 2 bridgehead atoms. The highest BCUT2D eigenvalue weighted by molar-refractivity contribution is 5.65. The Balaban J connectivity index is 1.45. The molecule has 3 aliphatic rings. The largest absolute Gasteiger partial charge is 0.465 e. The smallest absolute Gasteiger partial charge is 0.404 e. The molecule has 1 aromatic heterocycles. The van der Waals surface area contributed by atoms with Gasteiger partial charge < -0.3 is 26.4 Å². The first kappa shape index (κ1) is 15.3. The van der Waals surface area contributed by atoms with Gasteiger partial charge in [-0.3, -0.25) is 0 Å². The van der Waals surface area contributed by atoms with E-state index >= 15 is 0 Å². The van der Waals surface area contributed by atoms with Crippen LogP contribution < -0.4 is 21.3 Å². The molecule has 24 heavy (non-hydrogen) atoms. The number of nitrogens with one attached hydrogen (secondary N) is 2. The van der Waals surface area contributed by atoms with E-state index in [9.17, 15) is 4.79 Å². The number of anilines is 3. The molecule has 5 N–H and O–H groups in total. The summed E-state index contributed by atoms with van der Waals surface area (Å²) in [6, 6.07) is 2.36. The molecule has 0 spiro atoms. The van der Waals surface area contributed by atoms with Gasteiger partial charge in [0.15, 0.2) is 0 Å². The first-order valence-corrected chi connectivity index (χ1v) is 8.72. The van der Waals surface area contributed by atoms with E-state index in [1.165, 1.54) is 25.7 Å². The van der Waals surface area contributed by atoms with Crippen molar-refractivity contribution in [2.45, 2.75) is 44.2 Å². The van der Waals surface area contributed by atoms with Crippen LogP contribution in [0.3, 0.4) is 0 Å². The highest BCUT2D eigenvalue weighted by Crippen LogP contribution is 2.45. The molecule has 1 aliphatic heterocycles. The number of nitrogen functional groups attached to an aromatic ring is 1. The van der Waals surface area contributed by atoms with E-state index in [0.29, 0.717) is 12.6 Å². The van der Waals surface area contributed by atoms with Crippen LogP contribution in [0.25, 0.3) is 0 Å². The topological polar surface area (TPSA) is 116 Å². The first-order chi connectivity index (χ1) is 11.6. The van der Waals surface area contributed by atoms with Crippen LogP contribution >= 0.6 is 0 Å². The Morgan fingerprint density at radius 1 is 1.29 bits per heavy atom. The van der Waals surface area contributed by atoms with Crippen molar-refractivity contribution in [2.24, 2.45) is 11.8 Å². The number of hydrogen-bond donors (Lipinski definition) is 4. The van der Waals surface area contributed by atoms with Gasteiger partial charge in [-0.05, 0) is 37.5 Å². The van der Waals surface area contributed by atoms with Crippen molar-refractivity contribution in [1.82, 2.24) is 15.3 Å². The molecule has 3 fully saturated rings. The van der Waals surface area contributed by atoms with Gasteiger partial charge in [0.2, 0.25) is 5.95 Å². The zero-order valence-corrected chi connectivity index (χ0v) is 13.6. The highest BCUT2D eigenvalue weighted by atomic mass is 16.4. The molecule has 2 saturated carbocycles. The molecule has 8 heteroatoms. The second kappa shape index (κ2) is 5.99. The van der Waals surface area contributed by atoms with Crippen molar-refractivity contribution in [1.29, 1.82) is 0 Å². The summed E-state index contributed by atoms with van der Waals surface area (Å²) in [4.78, 5) is 21.5. The van der Waals surface area contributed by atoms with Gasteiger partial charge >= 0.3 is 6.09 Å². The normalized spacial score (nSPS) is 31.4. The lowest BCUT2D eigenvalue weighted by atomic mass is 9.95. The van der Waals surface area contributed by atoms with Crippen LogP contribution in [0, 0.1) is 11.8 Å². The van der Waals surface area contributed by atoms with Gasteiger partial charge in [-0.1, -0.05) is 6.42 Å². The Hall–Kier alpha value is -2.25. The van der Waals surface area contributed by atoms with Gasteiger partial charge in [0.25, 0.3) is 0 Å². The molecule has 130 valence electrons. The molecule has 8 nitrogen and oxygen atoms in total. The molecule has 1 saturated heterocycles. The van der Waals surface area contributed by atoms with Gasteiger partial charge in [0.05, 0.1) is 6.04 Å². The molecule has 4 atom stereocenters. The monoisotopic (exact) mass is 332 g/mol. The van der Waals surface area contributed by atoms with E-state index in [1.807, 2.05) is 6.07 Å². The van der Waals surface area contributed by atoms with Crippen molar-refractivity contribution >= 4 is 23.7 Å². The molecule has 1 amide bonds. The Morgan fingerprint density at radius 3 is 2.88 bits per heavy atom. The van der Waals surface area contributed by atoms with E-state index in [0.717, 1.165) is 36.4 Å². The SMILES string of the molecule is Nc1nc(N[C@H]2C[C@H]3CC[C@@H]2C3)cc(N2CCC(NC(=O)O)C2)n1. The van der Waals surface area contributed by atoms with Crippen LogP contribution in [0.15, 0.2) is 6.07 Å². The number of rotatable bonds is 4. The van der Waals surface area contributed by atoms with Crippen LogP contribution in [-0.4, -0.2) is 46.3 Å². The van der Waals surface area contributed by atoms with Gasteiger partial charge in [-0.25, -0.2) is 4.79 Å². The van der Waals surface area contributed by atoms with E-state index in [-0.39, 0.29) is 12.0 Å². The summed E-state index contributed by atoms with van der Waals surface area (Å²) >= 11 is 0. The molecule has 2 aliphatic carbocycles. The quantitative estimate of drug-likeness (QED) is 0.660. The number of nitrogens with two attached hydrogens (primary N) is 1. The first-order valence-electron chi connectivity index (χ1n) is 8.72. The molecule has 1 unspecified atom stereocenters. The molecule has 2 heterocycles. The minimum atomic E-state index is -0.984.